The van der Waals surface area contributed by atoms with E-state index >= 15 is 0 Å². The van der Waals surface area contributed by atoms with Crippen LogP contribution >= 0.6 is 0 Å². The van der Waals surface area contributed by atoms with Crippen molar-refractivity contribution >= 4 is 0 Å². The Morgan fingerprint density at radius 2 is 1.35 bits per heavy atom. The molecule has 0 N–H and O–H groups in total. The molecule has 37 heavy (non-hydrogen) atoms. The number of piperidine rings is 2. The van der Waals surface area contributed by atoms with Crippen LogP contribution in [0.3, 0.4) is 0 Å². The minimum Gasteiger partial charge on any atom is -0.494 e. The van der Waals surface area contributed by atoms with Crippen molar-refractivity contribution in [3.63, 3.8) is 0 Å². The molecular weight excluding hydrogens is 456 g/mol. The van der Waals surface area contributed by atoms with E-state index in [1.54, 1.807) is 0 Å². The van der Waals surface area contributed by atoms with Crippen LogP contribution in [0.25, 0.3) is 11.1 Å². The lowest BCUT2D eigenvalue weighted by Crippen LogP contribution is -2.34. The highest BCUT2D eigenvalue weighted by Gasteiger charge is 2.23. The summed E-state index contributed by atoms with van der Waals surface area (Å²) in [5.74, 6) is 3.94. The first kappa shape index (κ1) is 26.6. The number of hydrogen-bond acceptors (Lipinski definition) is 4. The largest absolute Gasteiger partial charge is 0.494 e. The summed E-state index contributed by atoms with van der Waals surface area (Å²) in [7, 11) is 0. The van der Waals surface area contributed by atoms with E-state index in [4.69, 9.17) is 9.47 Å². The second-order valence-electron chi connectivity index (χ2n) is 11.6. The van der Waals surface area contributed by atoms with Crippen LogP contribution in [0, 0.1) is 11.8 Å². The van der Waals surface area contributed by atoms with Crippen molar-refractivity contribution in [2.75, 3.05) is 52.5 Å². The maximum Gasteiger partial charge on any atom is 0.127 e. The van der Waals surface area contributed by atoms with E-state index in [0.717, 1.165) is 68.9 Å². The number of rotatable bonds is 12. The average molecular weight is 505 g/mol. The number of ether oxygens (including phenoxy) is 2. The summed E-state index contributed by atoms with van der Waals surface area (Å²) in [6.45, 7) is 13.6. The molecule has 0 amide bonds. The van der Waals surface area contributed by atoms with Gasteiger partial charge in [-0.3, -0.25) is 0 Å². The molecule has 3 aliphatic rings. The Bertz CT molecular complexity index is 990. The van der Waals surface area contributed by atoms with Gasteiger partial charge in [-0.05, 0) is 118 Å². The summed E-state index contributed by atoms with van der Waals surface area (Å²) in [6, 6.07) is 13.2. The van der Waals surface area contributed by atoms with Gasteiger partial charge < -0.3 is 19.3 Å². The molecular formula is C33H48N2O2. The van der Waals surface area contributed by atoms with Gasteiger partial charge in [0, 0.05) is 18.7 Å². The summed E-state index contributed by atoms with van der Waals surface area (Å²) in [5, 5.41) is 0. The highest BCUT2D eigenvalue weighted by Crippen LogP contribution is 2.43. The van der Waals surface area contributed by atoms with Gasteiger partial charge in [0.1, 0.15) is 11.5 Å². The summed E-state index contributed by atoms with van der Waals surface area (Å²) in [6.07, 6.45) is 11.3. The maximum atomic E-state index is 6.36. The zero-order chi connectivity index (χ0) is 25.5. The Morgan fingerprint density at radius 3 is 1.97 bits per heavy atom. The van der Waals surface area contributed by atoms with Gasteiger partial charge in [-0.1, -0.05) is 44.9 Å². The van der Waals surface area contributed by atoms with Crippen LogP contribution in [0.5, 0.6) is 11.5 Å². The van der Waals surface area contributed by atoms with E-state index in [0.29, 0.717) is 0 Å². The predicted octanol–water partition coefficient (Wildman–Crippen LogP) is 7.04. The fourth-order valence-electron chi connectivity index (χ4n) is 6.59. The van der Waals surface area contributed by atoms with Crippen molar-refractivity contribution in [3.8, 4) is 22.6 Å². The van der Waals surface area contributed by atoms with Crippen LogP contribution in [0.2, 0.25) is 0 Å². The van der Waals surface area contributed by atoms with E-state index in [2.05, 4.69) is 60.0 Å². The van der Waals surface area contributed by atoms with Gasteiger partial charge in [0.15, 0.2) is 0 Å². The van der Waals surface area contributed by atoms with E-state index in [9.17, 15) is 0 Å². The van der Waals surface area contributed by atoms with E-state index in [-0.39, 0.29) is 0 Å². The van der Waals surface area contributed by atoms with Crippen molar-refractivity contribution < 1.29 is 9.47 Å². The number of benzene rings is 2. The second-order valence-corrected chi connectivity index (χ2v) is 11.6. The number of fused-ring (bicyclic) bond motifs is 3. The summed E-state index contributed by atoms with van der Waals surface area (Å²) in [4.78, 5) is 5.24. The number of likely N-dealkylation sites (tertiary alicyclic amines) is 2. The van der Waals surface area contributed by atoms with Crippen molar-refractivity contribution in [2.45, 2.75) is 71.6 Å². The van der Waals surface area contributed by atoms with Crippen LogP contribution < -0.4 is 9.47 Å². The van der Waals surface area contributed by atoms with Crippen molar-refractivity contribution in [2.24, 2.45) is 11.8 Å². The topological polar surface area (TPSA) is 24.9 Å². The van der Waals surface area contributed by atoms with Crippen LogP contribution in [0.1, 0.15) is 76.3 Å². The molecule has 1 aliphatic carbocycles. The first-order valence-corrected chi connectivity index (χ1v) is 15.2. The summed E-state index contributed by atoms with van der Waals surface area (Å²) < 4.78 is 12.5. The van der Waals surface area contributed by atoms with Gasteiger partial charge in [0.2, 0.25) is 0 Å². The minimum absolute atomic E-state index is 0.788. The lowest BCUT2D eigenvalue weighted by atomic mass is 9.94. The average Bonchev–Trinajstić information content (AvgIpc) is 3.32. The lowest BCUT2D eigenvalue weighted by Gasteiger charge is -2.31. The van der Waals surface area contributed by atoms with E-state index in [1.165, 1.54) is 87.0 Å². The van der Waals surface area contributed by atoms with Gasteiger partial charge in [-0.2, -0.15) is 0 Å². The van der Waals surface area contributed by atoms with E-state index in [1.807, 2.05) is 0 Å². The molecule has 0 aromatic heterocycles. The Labute approximate surface area is 225 Å². The molecule has 2 heterocycles. The molecule has 2 aromatic rings. The zero-order valence-corrected chi connectivity index (χ0v) is 23.4. The van der Waals surface area contributed by atoms with Gasteiger partial charge >= 0.3 is 0 Å². The first-order chi connectivity index (χ1) is 18.2. The summed E-state index contributed by atoms with van der Waals surface area (Å²) >= 11 is 0. The van der Waals surface area contributed by atoms with Crippen molar-refractivity contribution in [1.82, 2.24) is 9.80 Å². The van der Waals surface area contributed by atoms with Gasteiger partial charge in [-0.25, -0.2) is 0 Å². The summed E-state index contributed by atoms with van der Waals surface area (Å²) in [5.41, 5.74) is 5.35. The molecule has 5 rings (SSSR count). The first-order valence-electron chi connectivity index (χ1n) is 15.2. The molecule has 202 valence electrons. The third kappa shape index (κ3) is 6.89. The molecule has 2 aromatic carbocycles. The predicted molar refractivity (Wildman–Crippen MR) is 154 cm³/mol. The number of hydrogen-bond donors (Lipinski definition) is 0. The molecule has 0 radical (unpaired) electrons. The molecule has 2 aliphatic heterocycles. The Balaban J connectivity index is 1.08. The molecule has 0 saturated carbocycles. The molecule has 0 bridgehead atoms. The molecule has 4 heteroatoms. The highest BCUT2D eigenvalue weighted by molar-refractivity contribution is 5.82. The molecule has 2 saturated heterocycles. The molecule has 2 fully saturated rings. The van der Waals surface area contributed by atoms with Crippen LogP contribution in [0.15, 0.2) is 36.4 Å². The normalized spacial score (nSPS) is 19.1. The third-order valence-corrected chi connectivity index (χ3v) is 9.17. The highest BCUT2D eigenvalue weighted by atomic mass is 16.5. The smallest absolute Gasteiger partial charge is 0.127 e. The van der Waals surface area contributed by atoms with Gasteiger partial charge in [0.05, 0.1) is 13.2 Å². The van der Waals surface area contributed by atoms with Crippen molar-refractivity contribution in [3.05, 3.63) is 47.5 Å². The van der Waals surface area contributed by atoms with Crippen molar-refractivity contribution in [1.29, 1.82) is 0 Å². The zero-order valence-electron chi connectivity index (χ0n) is 23.4. The van der Waals surface area contributed by atoms with Crippen LogP contribution in [-0.2, 0) is 6.42 Å². The Kier molecular flexibility index (Phi) is 9.44. The van der Waals surface area contributed by atoms with Gasteiger partial charge in [-0.15, -0.1) is 0 Å². The van der Waals surface area contributed by atoms with E-state index < -0.39 is 0 Å². The molecule has 4 nitrogen and oxygen atoms in total. The quantitative estimate of drug-likeness (QED) is 0.247. The van der Waals surface area contributed by atoms with Gasteiger partial charge in [0.25, 0.3) is 0 Å². The minimum atomic E-state index is 0.788. The van der Waals surface area contributed by atoms with Crippen LogP contribution in [-0.4, -0.2) is 62.3 Å². The fourth-order valence-corrected chi connectivity index (χ4v) is 6.59. The molecule has 0 unspecified atom stereocenters. The van der Waals surface area contributed by atoms with Crippen LogP contribution in [0.4, 0.5) is 0 Å². The third-order valence-electron chi connectivity index (χ3n) is 9.17. The second kappa shape index (κ2) is 13.2. The lowest BCUT2D eigenvalue weighted by molar-refractivity contribution is 0.169. The molecule has 0 spiro atoms. The Morgan fingerprint density at radius 1 is 0.730 bits per heavy atom. The SMILES string of the molecule is CCC1CCN(CCCOc2ccc3c(c2)Cc2cccc(OCCCN4CCC(CC)CC4)c2-3)CC1. The molecule has 0 atom stereocenters. The maximum absolute atomic E-state index is 6.36. The fraction of sp³-hybridized carbons (Fsp3) is 0.636. The standard InChI is InChI=1S/C33H48N2O2/c1-3-26-12-18-34(19-13-26)16-6-22-36-30-10-11-31-29(25-30)24-28-8-5-9-32(33(28)31)37-23-7-17-35-20-14-27(4-2)15-21-35/h5,8-11,25-27H,3-4,6-7,12-24H2,1-2H3. The Hall–Kier alpha value is -2.04. The monoisotopic (exact) mass is 504 g/mol. The number of nitrogens with zero attached hydrogens (tertiary/aromatic N) is 2.